The molecule has 0 aliphatic heterocycles. The molecule has 0 aromatic carbocycles. The van der Waals surface area contributed by atoms with E-state index in [9.17, 15) is 0 Å². The van der Waals surface area contributed by atoms with Gasteiger partial charge >= 0.3 is 0 Å². The number of pyridine rings is 2. The number of halogens is 2. The zero-order chi connectivity index (χ0) is 10.8. The predicted molar refractivity (Wildman–Crippen MR) is 67.6 cm³/mol. The molecule has 0 N–H and O–H groups in total. The Morgan fingerprint density at radius 1 is 1.07 bits per heavy atom. The largest absolute Gasteiger partial charge is 0.255 e. The molecule has 76 valence electrons. The Morgan fingerprint density at radius 3 is 2.47 bits per heavy atom. The number of hydrogen-bond donors (Lipinski definition) is 0. The van der Waals surface area contributed by atoms with Crippen molar-refractivity contribution in [3.05, 3.63) is 45.2 Å². The molecule has 0 saturated carbocycles. The lowest BCUT2D eigenvalue weighted by Gasteiger charge is -2.04. The maximum atomic E-state index is 4.38. The van der Waals surface area contributed by atoms with Gasteiger partial charge in [0.25, 0.3) is 0 Å². The second-order valence-electron chi connectivity index (χ2n) is 3.19. The Kier molecular flexibility index (Phi) is 3.17. The van der Waals surface area contributed by atoms with Gasteiger partial charge in [0, 0.05) is 22.4 Å². The molecule has 0 aliphatic carbocycles. The molecule has 0 fully saturated rings. The molecule has 0 bridgehead atoms. The Morgan fingerprint density at radius 2 is 1.87 bits per heavy atom. The fourth-order valence-corrected chi connectivity index (χ4v) is 2.04. The van der Waals surface area contributed by atoms with E-state index in [0.29, 0.717) is 0 Å². The molecule has 0 saturated heterocycles. The zero-order valence-corrected chi connectivity index (χ0v) is 11.2. The highest BCUT2D eigenvalue weighted by Gasteiger charge is 2.04. The van der Waals surface area contributed by atoms with Crippen LogP contribution in [-0.2, 0) is 0 Å². The molecule has 0 spiro atoms. The van der Waals surface area contributed by atoms with E-state index in [1.807, 2.05) is 31.3 Å². The first-order valence-corrected chi connectivity index (χ1v) is 5.99. The number of aromatic nitrogens is 2. The molecule has 0 amide bonds. The van der Waals surface area contributed by atoms with Gasteiger partial charge in [-0.3, -0.25) is 4.98 Å². The maximum Gasteiger partial charge on any atom is 0.106 e. The predicted octanol–water partition coefficient (Wildman–Crippen LogP) is 3.98. The Bertz CT molecular complexity index is 480. The topological polar surface area (TPSA) is 25.8 Å². The van der Waals surface area contributed by atoms with Crippen molar-refractivity contribution in [3.63, 3.8) is 0 Å². The molecule has 15 heavy (non-hydrogen) atoms. The van der Waals surface area contributed by atoms with E-state index in [2.05, 4.69) is 41.8 Å². The summed E-state index contributed by atoms with van der Waals surface area (Å²) in [5.74, 6) is 0. The molecule has 0 unspecified atom stereocenters. The van der Waals surface area contributed by atoms with Crippen molar-refractivity contribution >= 4 is 31.9 Å². The SMILES string of the molecule is Cc1cc(Br)cnc1-c1ccc(Br)nc1. The Hall–Kier alpha value is -0.740. The van der Waals surface area contributed by atoms with Crippen LogP contribution in [0.2, 0.25) is 0 Å². The highest BCUT2D eigenvalue weighted by atomic mass is 79.9. The van der Waals surface area contributed by atoms with Gasteiger partial charge in [-0.2, -0.15) is 0 Å². The lowest BCUT2D eigenvalue weighted by atomic mass is 10.1. The minimum absolute atomic E-state index is 0.834. The van der Waals surface area contributed by atoms with Crippen LogP contribution < -0.4 is 0 Å². The molecule has 2 nitrogen and oxygen atoms in total. The molecule has 2 aromatic rings. The summed E-state index contributed by atoms with van der Waals surface area (Å²) in [5, 5.41) is 0. The van der Waals surface area contributed by atoms with E-state index < -0.39 is 0 Å². The third kappa shape index (κ3) is 2.44. The van der Waals surface area contributed by atoms with Gasteiger partial charge in [-0.25, -0.2) is 4.98 Å². The zero-order valence-electron chi connectivity index (χ0n) is 8.04. The fourth-order valence-electron chi connectivity index (χ4n) is 1.36. The lowest BCUT2D eigenvalue weighted by Crippen LogP contribution is -1.89. The molecule has 2 heterocycles. The molecule has 0 atom stereocenters. The van der Waals surface area contributed by atoms with E-state index in [1.54, 1.807) is 6.20 Å². The minimum atomic E-state index is 0.834. The van der Waals surface area contributed by atoms with Crippen LogP contribution in [0, 0.1) is 6.92 Å². The molecule has 2 rings (SSSR count). The third-order valence-electron chi connectivity index (χ3n) is 2.05. The first-order valence-electron chi connectivity index (χ1n) is 4.41. The van der Waals surface area contributed by atoms with Gasteiger partial charge in [0.2, 0.25) is 0 Å². The lowest BCUT2D eigenvalue weighted by molar-refractivity contribution is 1.22. The number of aryl methyl sites for hydroxylation is 1. The van der Waals surface area contributed by atoms with E-state index in [4.69, 9.17) is 0 Å². The molecule has 0 aliphatic rings. The number of hydrogen-bond acceptors (Lipinski definition) is 2. The number of nitrogens with zero attached hydrogens (tertiary/aromatic N) is 2. The highest BCUT2D eigenvalue weighted by Crippen LogP contribution is 2.23. The molecular weight excluding hydrogens is 320 g/mol. The first kappa shape index (κ1) is 10.8. The van der Waals surface area contributed by atoms with Crippen LogP contribution in [0.25, 0.3) is 11.3 Å². The van der Waals surface area contributed by atoms with Crippen LogP contribution >= 0.6 is 31.9 Å². The Labute approximate surface area is 105 Å². The van der Waals surface area contributed by atoms with Gasteiger partial charge < -0.3 is 0 Å². The Balaban J connectivity index is 2.49. The maximum absolute atomic E-state index is 4.38. The van der Waals surface area contributed by atoms with Gasteiger partial charge in [-0.15, -0.1) is 0 Å². The van der Waals surface area contributed by atoms with Crippen LogP contribution in [0.5, 0.6) is 0 Å². The molecule has 4 heteroatoms. The number of rotatable bonds is 1. The summed E-state index contributed by atoms with van der Waals surface area (Å²) in [7, 11) is 0. The standard InChI is InChI=1S/C11H8Br2N2/c1-7-4-9(12)6-15-11(7)8-2-3-10(13)14-5-8/h2-6H,1H3. The van der Waals surface area contributed by atoms with Crippen LogP contribution in [0.4, 0.5) is 0 Å². The summed E-state index contributed by atoms with van der Waals surface area (Å²) in [4.78, 5) is 8.56. The van der Waals surface area contributed by atoms with Crippen molar-refractivity contribution < 1.29 is 0 Å². The molecule has 2 aromatic heterocycles. The minimum Gasteiger partial charge on any atom is -0.255 e. The van der Waals surface area contributed by atoms with Crippen molar-refractivity contribution in [2.24, 2.45) is 0 Å². The van der Waals surface area contributed by atoms with Crippen molar-refractivity contribution in [2.45, 2.75) is 6.92 Å². The quantitative estimate of drug-likeness (QED) is 0.740. The second kappa shape index (κ2) is 4.41. The van der Waals surface area contributed by atoms with Crippen molar-refractivity contribution in [2.75, 3.05) is 0 Å². The van der Waals surface area contributed by atoms with E-state index in [0.717, 1.165) is 25.9 Å². The summed E-state index contributed by atoms with van der Waals surface area (Å²) >= 11 is 6.70. The summed E-state index contributed by atoms with van der Waals surface area (Å²) in [6, 6.07) is 5.96. The van der Waals surface area contributed by atoms with Gasteiger partial charge in [-0.05, 0) is 62.5 Å². The van der Waals surface area contributed by atoms with Gasteiger partial charge in [0.05, 0.1) is 5.69 Å². The normalized spacial score (nSPS) is 10.3. The van der Waals surface area contributed by atoms with E-state index in [1.165, 1.54) is 0 Å². The summed E-state index contributed by atoms with van der Waals surface area (Å²) < 4.78 is 1.83. The fraction of sp³-hybridized carbons (Fsp3) is 0.0909. The molecular formula is C11H8Br2N2. The average Bonchev–Trinajstić information content (AvgIpc) is 2.20. The van der Waals surface area contributed by atoms with Gasteiger partial charge in [0.15, 0.2) is 0 Å². The first-order chi connectivity index (χ1) is 7.16. The van der Waals surface area contributed by atoms with Crippen LogP contribution in [-0.4, -0.2) is 9.97 Å². The van der Waals surface area contributed by atoms with E-state index in [-0.39, 0.29) is 0 Å². The van der Waals surface area contributed by atoms with Crippen LogP contribution in [0.3, 0.4) is 0 Å². The third-order valence-corrected chi connectivity index (χ3v) is 2.95. The summed E-state index contributed by atoms with van der Waals surface area (Å²) in [5.41, 5.74) is 3.13. The molecule has 0 radical (unpaired) electrons. The van der Waals surface area contributed by atoms with Gasteiger partial charge in [0.1, 0.15) is 4.60 Å². The van der Waals surface area contributed by atoms with Crippen LogP contribution in [0.15, 0.2) is 39.7 Å². The van der Waals surface area contributed by atoms with Crippen molar-refractivity contribution in [1.29, 1.82) is 0 Å². The monoisotopic (exact) mass is 326 g/mol. The smallest absolute Gasteiger partial charge is 0.106 e. The van der Waals surface area contributed by atoms with Crippen molar-refractivity contribution in [1.82, 2.24) is 9.97 Å². The summed E-state index contributed by atoms with van der Waals surface area (Å²) in [6.45, 7) is 2.04. The summed E-state index contributed by atoms with van der Waals surface area (Å²) in [6.07, 6.45) is 3.61. The average molecular weight is 328 g/mol. The van der Waals surface area contributed by atoms with Crippen molar-refractivity contribution in [3.8, 4) is 11.3 Å². The van der Waals surface area contributed by atoms with E-state index >= 15 is 0 Å². The van der Waals surface area contributed by atoms with Gasteiger partial charge in [-0.1, -0.05) is 0 Å². The second-order valence-corrected chi connectivity index (χ2v) is 4.92. The van der Waals surface area contributed by atoms with Crippen LogP contribution in [0.1, 0.15) is 5.56 Å². The highest BCUT2D eigenvalue weighted by molar-refractivity contribution is 9.10.